The minimum absolute atomic E-state index is 0.0180. The van der Waals surface area contributed by atoms with Crippen molar-refractivity contribution in [2.75, 3.05) is 5.32 Å². The predicted octanol–water partition coefficient (Wildman–Crippen LogP) is 3.77. The molecule has 23 heavy (non-hydrogen) atoms. The van der Waals surface area contributed by atoms with Crippen LogP contribution in [0.2, 0.25) is 5.02 Å². The van der Waals surface area contributed by atoms with Gasteiger partial charge < -0.3 is 11.1 Å². The second kappa shape index (κ2) is 6.29. The van der Waals surface area contributed by atoms with E-state index >= 15 is 0 Å². The van der Waals surface area contributed by atoms with Gasteiger partial charge in [-0.15, -0.1) is 11.3 Å². The van der Waals surface area contributed by atoms with Gasteiger partial charge in [-0.1, -0.05) is 11.6 Å². The number of halogens is 2. The third-order valence-corrected chi connectivity index (χ3v) is 5.34. The molecular formula is C16H14ClFN2O2S. The first-order valence-electron chi connectivity index (χ1n) is 7.18. The molecule has 7 heteroatoms. The van der Waals surface area contributed by atoms with E-state index in [2.05, 4.69) is 5.32 Å². The van der Waals surface area contributed by atoms with Gasteiger partial charge in [0.15, 0.2) is 0 Å². The molecule has 1 heterocycles. The van der Waals surface area contributed by atoms with E-state index in [4.69, 9.17) is 17.3 Å². The van der Waals surface area contributed by atoms with Gasteiger partial charge >= 0.3 is 0 Å². The summed E-state index contributed by atoms with van der Waals surface area (Å²) in [4.78, 5) is 25.2. The first-order valence-corrected chi connectivity index (χ1v) is 8.37. The van der Waals surface area contributed by atoms with Crippen LogP contribution >= 0.6 is 22.9 Å². The van der Waals surface area contributed by atoms with Crippen LogP contribution in [0.4, 0.5) is 9.39 Å². The van der Waals surface area contributed by atoms with Crippen molar-refractivity contribution >= 4 is 39.8 Å². The van der Waals surface area contributed by atoms with E-state index in [1.807, 2.05) is 0 Å². The first kappa shape index (κ1) is 16.0. The van der Waals surface area contributed by atoms with Crippen LogP contribution in [0.15, 0.2) is 18.2 Å². The Morgan fingerprint density at radius 2 is 2.00 bits per heavy atom. The van der Waals surface area contributed by atoms with Gasteiger partial charge in [-0.2, -0.15) is 0 Å². The normalized spacial score (nSPS) is 13.5. The Morgan fingerprint density at radius 3 is 2.70 bits per heavy atom. The Kier molecular flexibility index (Phi) is 4.37. The highest BCUT2D eigenvalue weighted by Crippen LogP contribution is 2.38. The lowest BCUT2D eigenvalue weighted by atomic mass is 9.95. The van der Waals surface area contributed by atoms with Gasteiger partial charge in [0.1, 0.15) is 10.8 Å². The van der Waals surface area contributed by atoms with Gasteiger partial charge in [0.2, 0.25) is 0 Å². The number of anilines is 1. The smallest absolute Gasteiger partial charge is 0.257 e. The summed E-state index contributed by atoms with van der Waals surface area (Å²) in [6, 6.07) is 3.55. The van der Waals surface area contributed by atoms with E-state index in [-0.39, 0.29) is 10.6 Å². The monoisotopic (exact) mass is 352 g/mol. The van der Waals surface area contributed by atoms with Gasteiger partial charge in [0, 0.05) is 4.88 Å². The Hall–Kier alpha value is -1.92. The molecular weight excluding hydrogens is 339 g/mol. The number of carbonyl (C=O) groups is 2. The third kappa shape index (κ3) is 3.09. The van der Waals surface area contributed by atoms with Gasteiger partial charge in [-0.25, -0.2) is 4.39 Å². The molecule has 1 aromatic heterocycles. The lowest BCUT2D eigenvalue weighted by molar-refractivity contribution is 0.100. The number of carbonyl (C=O) groups excluding carboxylic acids is 2. The molecule has 1 aromatic carbocycles. The summed E-state index contributed by atoms with van der Waals surface area (Å²) in [5.41, 5.74) is 6.96. The second-order valence-corrected chi connectivity index (χ2v) is 6.87. The molecule has 0 bridgehead atoms. The Labute approximate surface area is 141 Å². The van der Waals surface area contributed by atoms with Gasteiger partial charge in [-0.05, 0) is 49.4 Å². The van der Waals surface area contributed by atoms with E-state index in [9.17, 15) is 14.0 Å². The topological polar surface area (TPSA) is 72.2 Å². The number of nitrogens with one attached hydrogen (secondary N) is 1. The largest absolute Gasteiger partial charge is 0.365 e. The maximum absolute atomic E-state index is 13.1. The lowest BCUT2D eigenvalue weighted by Crippen LogP contribution is -2.18. The minimum atomic E-state index is -0.551. The third-order valence-electron chi connectivity index (χ3n) is 3.82. The average molecular weight is 353 g/mol. The average Bonchev–Trinajstić information content (AvgIpc) is 2.84. The Bertz CT molecular complexity index is 804. The summed E-state index contributed by atoms with van der Waals surface area (Å²) in [7, 11) is 0. The summed E-state index contributed by atoms with van der Waals surface area (Å²) >= 11 is 7.28. The number of primary amides is 1. The number of rotatable bonds is 3. The zero-order chi connectivity index (χ0) is 16.6. The molecule has 3 rings (SSSR count). The number of nitrogens with two attached hydrogens (primary N) is 1. The maximum Gasteiger partial charge on any atom is 0.257 e. The van der Waals surface area contributed by atoms with E-state index in [0.717, 1.165) is 48.3 Å². The summed E-state index contributed by atoms with van der Waals surface area (Å²) in [6.07, 6.45) is 3.73. The summed E-state index contributed by atoms with van der Waals surface area (Å²) in [5.74, 6) is -1.56. The van der Waals surface area contributed by atoms with Crippen molar-refractivity contribution in [1.29, 1.82) is 0 Å². The summed E-state index contributed by atoms with van der Waals surface area (Å²) in [6.45, 7) is 0. The van der Waals surface area contributed by atoms with E-state index in [1.165, 1.54) is 17.4 Å². The van der Waals surface area contributed by atoms with Crippen LogP contribution < -0.4 is 11.1 Å². The quantitative estimate of drug-likeness (QED) is 0.882. The molecule has 2 amide bonds. The number of aryl methyl sites for hydroxylation is 1. The molecule has 0 aliphatic heterocycles. The Balaban J connectivity index is 1.95. The highest BCUT2D eigenvalue weighted by molar-refractivity contribution is 7.17. The molecule has 0 atom stereocenters. The van der Waals surface area contributed by atoms with Gasteiger partial charge in [0.25, 0.3) is 11.8 Å². The van der Waals surface area contributed by atoms with E-state index in [0.29, 0.717) is 10.6 Å². The molecule has 0 radical (unpaired) electrons. The van der Waals surface area contributed by atoms with Crippen LogP contribution in [0.3, 0.4) is 0 Å². The number of benzene rings is 1. The van der Waals surface area contributed by atoms with Crippen molar-refractivity contribution in [3.05, 3.63) is 50.6 Å². The standard InChI is InChI=1S/C16H14ClFN2O2S/c17-11-7-8(18)5-6-9(11)15(22)20-16-13(14(19)21)10-3-1-2-4-12(10)23-16/h5-7H,1-4H2,(H2,19,21)(H,20,22). The van der Waals surface area contributed by atoms with Crippen LogP contribution in [0.1, 0.15) is 44.0 Å². The molecule has 0 fully saturated rings. The van der Waals surface area contributed by atoms with Crippen LogP contribution in [-0.4, -0.2) is 11.8 Å². The number of hydrogen-bond acceptors (Lipinski definition) is 3. The second-order valence-electron chi connectivity index (χ2n) is 5.36. The number of fused-ring (bicyclic) bond motifs is 1. The molecule has 0 spiro atoms. The summed E-state index contributed by atoms with van der Waals surface area (Å²) < 4.78 is 13.1. The molecule has 3 N–H and O–H groups in total. The lowest BCUT2D eigenvalue weighted by Gasteiger charge is -2.11. The fourth-order valence-corrected chi connectivity index (χ4v) is 4.30. The van der Waals surface area contributed by atoms with Crippen LogP contribution in [-0.2, 0) is 12.8 Å². The zero-order valence-electron chi connectivity index (χ0n) is 12.1. The minimum Gasteiger partial charge on any atom is -0.365 e. The van der Waals surface area contributed by atoms with Crippen LogP contribution in [0, 0.1) is 5.82 Å². The number of thiophene rings is 1. The highest BCUT2D eigenvalue weighted by Gasteiger charge is 2.25. The van der Waals surface area contributed by atoms with E-state index < -0.39 is 17.6 Å². The van der Waals surface area contributed by atoms with Crippen molar-refractivity contribution in [2.24, 2.45) is 5.73 Å². The van der Waals surface area contributed by atoms with Crippen LogP contribution in [0.5, 0.6) is 0 Å². The fraction of sp³-hybridized carbons (Fsp3) is 0.250. The van der Waals surface area contributed by atoms with Crippen molar-refractivity contribution in [1.82, 2.24) is 0 Å². The SMILES string of the molecule is NC(=O)c1c(NC(=O)c2ccc(F)cc2Cl)sc2c1CCCC2. The van der Waals surface area contributed by atoms with Crippen molar-refractivity contribution in [3.63, 3.8) is 0 Å². The highest BCUT2D eigenvalue weighted by atomic mass is 35.5. The van der Waals surface area contributed by atoms with Crippen molar-refractivity contribution in [3.8, 4) is 0 Å². The molecule has 120 valence electrons. The number of hydrogen-bond donors (Lipinski definition) is 2. The van der Waals surface area contributed by atoms with Gasteiger partial charge in [0.05, 0.1) is 16.1 Å². The van der Waals surface area contributed by atoms with Crippen molar-refractivity contribution in [2.45, 2.75) is 25.7 Å². The molecule has 0 saturated carbocycles. The summed E-state index contributed by atoms with van der Waals surface area (Å²) in [5, 5.41) is 3.16. The Morgan fingerprint density at radius 1 is 1.26 bits per heavy atom. The fourth-order valence-electron chi connectivity index (χ4n) is 2.76. The van der Waals surface area contributed by atoms with E-state index in [1.54, 1.807) is 0 Å². The predicted molar refractivity (Wildman–Crippen MR) is 88.8 cm³/mol. The molecule has 0 unspecified atom stereocenters. The number of amides is 2. The van der Waals surface area contributed by atoms with Crippen LogP contribution in [0.25, 0.3) is 0 Å². The maximum atomic E-state index is 13.1. The molecule has 2 aromatic rings. The molecule has 4 nitrogen and oxygen atoms in total. The van der Waals surface area contributed by atoms with Crippen molar-refractivity contribution < 1.29 is 14.0 Å². The van der Waals surface area contributed by atoms with Gasteiger partial charge in [-0.3, -0.25) is 9.59 Å². The first-order chi connectivity index (χ1) is 11.0. The molecule has 0 saturated heterocycles. The zero-order valence-corrected chi connectivity index (χ0v) is 13.7. The molecule has 1 aliphatic rings. The molecule has 1 aliphatic carbocycles.